The maximum absolute atomic E-state index is 11.2. The van der Waals surface area contributed by atoms with Gasteiger partial charge < -0.3 is 0 Å². The van der Waals surface area contributed by atoms with Crippen LogP contribution in [0.5, 0.6) is 0 Å². The van der Waals surface area contributed by atoms with Gasteiger partial charge in [0.05, 0.1) is 6.08 Å². The molecule has 0 aromatic rings. The van der Waals surface area contributed by atoms with Crippen LogP contribution in [0.25, 0.3) is 0 Å². The van der Waals surface area contributed by atoms with Crippen LogP contribution in [0.1, 0.15) is 0 Å². The van der Waals surface area contributed by atoms with E-state index in [1.165, 1.54) is 0 Å². The third kappa shape index (κ3) is 5.60. The minimum Gasteiger partial charge on any atom is -0.234 e. The standard InChI is InChI=1S/C3HClF2O/c4-3(5,6)1-2-7/h1H. The molecule has 0 rings (SSSR count). The molecule has 0 aliphatic heterocycles. The maximum Gasteiger partial charge on any atom is 0.351 e. The number of carbonyl (C=O) groups excluding carboxylic acids is 1. The summed E-state index contributed by atoms with van der Waals surface area (Å²) >= 11 is 4.18. The van der Waals surface area contributed by atoms with Crippen LogP contribution in [0.4, 0.5) is 8.78 Å². The Bertz CT molecular complexity index is 100.0. The zero-order valence-electron chi connectivity index (χ0n) is 3.12. The molecule has 0 bridgehead atoms. The van der Waals surface area contributed by atoms with E-state index in [4.69, 9.17) is 4.79 Å². The Labute approximate surface area is 43.6 Å². The zero-order chi connectivity index (χ0) is 5.91. The van der Waals surface area contributed by atoms with Gasteiger partial charge in [-0.15, -0.1) is 0 Å². The van der Waals surface area contributed by atoms with Gasteiger partial charge in [-0.05, 0) is 11.6 Å². The predicted octanol–water partition coefficient (Wildman–Crippen LogP) is 1.21. The SMILES string of the molecule is O=C=CC(F)(F)Cl. The van der Waals surface area contributed by atoms with Crippen LogP contribution in [0.2, 0.25) is 0 Å². The molecular weight excluding hydrogens is 125 g/mol. The van der Waals surface area contributed by atoms with Crippen molar-refractivity contribution in [1.82, 2.24) is 0 Å². The van der Waals surface area contributed by atoms with Gasteiger partial charge >= 0.3 is 5.38 Å². The summed E-state index contributed by atoms with van der Waals surface area (Å²) in [5, 5.41) is -3.53. The fourth-order valence-electron chi connectivity index (χ4n) is 0.0668. The Morgan fingerprint density at radius 2 is 2.14 bits per heavy atom. The van der Waals surface area contributed by atoms with E-state index in [1.807, 2.05) is 0 Å². The van der Waals surface area contributed by atoms with Gasteiger partial charge in [0.25, 0.3) is 0 Å². The number of rotatable bonds is 1. The van der Waals surface area contributed by atoms with E-state index in [2.05, 4.69) is 11.6 Å². The molecule has 0 saturated heterocycles. The van der Waals surface area contributed by atoms with E-state index >= 15 is 0 Å². The topological polar surface area (TPSA) is 17.1 Å². The van der Waals surface area contributed by atoms with E-state index in [0.717, 1.165) is 5.94 Å². The smallest absolute Gasteiger partial charge is 0.234 e. The molecule has 0 radical (unpaired) electrons. The average molecular weight is 126 g/mol. The molecule has 1 nitrogen and oxygen atoms in total. The van der Waals surface area contributed by atoms with Crippen molar-refractivity contribution in [3.05, 3.63) is 6.08 Å². The summed E-state index contributed by atoms with van der Waals surface area (Å²) in [6.07, 6.45) is -0.0610. The van der Waals surface area contributed by atoms with Gasteiger partial charge in [-0.2, -0.15) is 8.78 Å². The Morgan fingerprint density at radius 3 is 2.14 bits per heavy atom. The second kappa shape index (κ2) is 2.05. The van der Waals surface area contributed by atoms with Crippen molar-refractivity contribution in [2.45, 2.75) is 5.38 Å². The molecule has 0 N–H and O–H groups in total. The molecule has 0 saturated carbocycles. The third-order valence-corrected chi connectivity index (χ3v) is 0.332. The summed E-state index contributed by atoms with van der Waals surface area (Å²) in [6.45, 7) is 0. The Balaban J connectivity index is 3.80. The minimum absolute atomic E-state index is 0.0610. The second-order valence-electron chi connectivity index (χ2n) is 0.804. The predicted molar refractivity (Wildman–Crippen MR) is 21.1 cm³/mol. The van der Waals surface area contributed by atoms with E-state index in [1.54, 1.807) is 0 Å². The number of halogens is 3. The molecule has 0 heterocycles. The van der Waals surface area contributed by atoms with Crippen molar-refractivity contribution >= 4 is 17.5 Å². The Hall–Kier alpha value is -0.400. The third-order valence-electron chi connectivity index (χ3n) is 0.223. The maximum atomic E-state index is 11.2. The zero-order valence-corrected chi connectivity index (χ0v) is 3.88. The first-order valence-corrected chi connectivity index (χ1v) is 1.73. The highest BCUT2D eigenvalue weighted by Gasteiger charge is 2.19. The van der Waals surface area contributed by atoms with Crippen LogP contribution in [0.3, 0.4) is 0 Å². The lowest BCUT2D eigenvalue weighted by Crippen LogP contribution is -1.97. The van der Waals surface area contributed by atoms with Crippen LogP contribution in [-0.2, 0) is 4.79 Å². The van der Waals surface area contributed by atoms with Gasteiger partial charge in [-0.3, -0.25) is 0 Å². The van der Waals surface area contributed by atoms with Crippen LogP contribution in [0.15, 0.2) is 6.08 Å². The van der Waals surface area contributed by atoms with E-state index in [0.29, 0.717) is 0 Å². The molecule has 4 heteroatoms. The van der Waals surface area contributed by atoms with Crippen LogP contribution >= 0.6 is 11.6 Å². The lowest BCUT2D eigenvalue weighted by atomic mass is 10.7. The van der Waals surface area contributed by atoms with Crippen molar-refractivity contribution in [1.29, 1.82) is 0 Å². The molecule has 0 aliphatic carbocycles. The van der Waals surface area contributed by atoms with Gasteiger partial charge in [-0.1, -0.05) is 0 Å². The first-order chi connectivity index (χ1) is 3.06. The van der Waals surface area contributed by atoms with Crippen LogP contribution in [0, 0.1) is 0 Å². The summed E-state index contributed by atoms with van der Waals surface area (Å²) in [5.74, 6) is 0.851. The monoisotopic (exact) mass is 126 g/mol. The van der Waals surface area contributed by atoms with Crippen molar-refractivity contribution in [3.8, 4) is 0 Å². The minimum atomic E-state index is -3.53. The van der Waals surface area contributed by atoms with E-state index < -0.39 is 5.38 Å². The molecule has 0 fully saturated rings. The molecule has 0 aliphatic rings. The summed E-state index contributed by atoms with van der Waals surface area (Å²) < 4.78 is 22.3. The summed E-state index contributed by atoms with van der Waals surface area (Å²) in [5.41, 5.74) is 0. The van der Waals surface area contributed by atoms with Gasteiger partial charge in [0.15, 0.2) is 0 Å². The first kappa shape index (κ1) is 6.60. The largest absolute Gasteiger partial charge is 0.351 e. The lowest BCUT2D eigenvalue weighted by Gasteiger charge is -1.92. The van der Waals surface area contributed by atoms with Crippen LogP contribution < -0.4 is 0 Å². The molecule has 0 aromatic heterocycles. The van der Waals surface area contributed by atoms with E-state index in [-0.39, 0.29) is 6.08 Å². The van der Waals surface area contributed by atoms with Gasteiger partial charge in [0.2, 0.25) is 0 Å². The van der Waals surface area contributed by atoms with Crippen molar-refractivity contribution in [2.24, 2.45) is 0 Å². The molecular formula is C3HClF2O. The van der Waals surface area contributed by atoms with Crippen LogP contribution in [-0.4, -0.2) is 11.3 Å². The highest BCUT2D eigenvalue weighted by molar-refractivity contribution is 6.23. The lowest BCUT2D eigenvalue weighted by molar-refractivity contribution is 0.154. The molecule has 0 aromatic carbocycles. The van der Waals surface area contributed by atoms with Crippen molar-refractivity contribution < 1.29 is 13.6 Å². The first-order valence-electron chi connectivity index (χ1n) is 1.35. The van der Waals surface area contributed by atoms with Crippen molar-refractivity contribution in [3.63, 3.8) is 0 Å². The quantitative estimate of drug-likeness (QED) is 0.381. The number of hydrogen-bond acceptors (Lipinski definition) is 1. The molecule has 0 amide bonds. The summed E-state index contributed by atoms with van der Waals surface area (Å²) in [7, 11) is 0. The average Bonchev–Trinajstić information content (AvgIpc) is 1.30. The highest BCUT2D eigenvalue weighted by atomic mass is 35.5. The van der Waals surface area contributed by atoms with Gasteiger partial charge in [-0.25, -0.2) is 4.79 Å². The number of alkyl halides is 3. The molecule has 0 atom stereocenters. The molecule has 40 valence electrons. The highest BCUT2D eigenvalue weighted by Crippen LogP contribution is 2.17. The fourth-order valence-corrected chi connectivity index (χ4v) is 0.111. The Morgan fingerprint density at radius 1 is 1.71 bits per heavy atom. The van der Waals surface area contributed by atoms with Gasteiger partial charge in [0.1, 0.15) is 5.94 Å². The summed E-state index contributed by atoms with van der Waals surface area (Å²) in [6, 6.07) is 0. The Kier molecular flexibility index (Phi) is 1.93. The fraction of sp³-hybridized carbons (Fsp3) is 0.333. The van der Waals surface area contributed by atoms with Crippen molar-refractivity contribution in [2.75, 3.05) is 0 Å². The molecule has 0 spiro atoms. The normalized spacial score (nSPS) is 10.1. The number of allylic oxidation sites excluding steroid dienone is 1. The molecule has 7 heavy (non-hydrogen) atoms. The van der Waals surface area contributed by atoms with Gasteiger partial charge in [0, 0.05) is 0 Å². The molecule has 0 unspecified atom stereocenters. The number of hydrogen-bond donors (Lipinski definition) is 0. The second-order valence-corrected chi connectivity index (χ2v) is 1.31. The summed E-state index contributed by atoms with van der Waals surface area (Å²) in [4.78, 5) is 9.08. The van der Waals surface area contributed by atoms with E-state index in [9.17, 15) is 8.78 Å².